The fraction of sp³-hybridized carbons (Fsp3) is 0.114. The number of hydrogen-bond donors (Lipinski definition) is 3. The van der Waals surface area contributed by atoms with Crippen molar-refractivity contribution in [2.75, 3.05) is 16.4 Å². The van der Waals surface area contributed by atoms with E-state index >= 15 is 0 Å². The van der Waals surface area contributed by atoms with Crippen LogP contribution in [0.25, 0.3) is 6.08 Å². The number of hydrogen-bond acceptors (Lipinski definition) is 8. The van der Waals surface area contributed by atoms with Gasteiger partial charge in [0.15, 0.2) is 0 Å². The summed E-state index contributed by atoms with van der Waals surface area (Å²) in [5.41, 5.74) is 3.62. The highest BCUT2D eigenvalue weighted by atomic mass is 32.2. The molecular formula is C35H31N5O3S3. The smallest absolute Gasteiger partial charge is 0.272 e. The number of nitrogens with one attached hydrogen (secondary N) is 3. The van der Waals surface area contributed by atoms with Crippen molar-refractivity contribution >= 4 is 69.7 Å². The van der Waals surface area contributed by atoms with Crippen molar-refractivity contribution in [2.45, 2.75) is 29.1 Å². The molecule has 4 aromatic carbocycles. The molecule has 1 unspecified atom stereocenters. The second-order valence-corrected chi connectivity index (χ2v) is 13.1. The van der Waals surface area contributed by atoms with Crippen LogP contribution in [0.1, 0.15) is 39.2 Å². The van der Waals surface area contributed by atoms with Crippen molar-refractivity contribution in [2.24, 2.45) is 0 Å². The molecule has 0 bridgehead atoms. The number of rotatable bonds is 12. The van der Waals surface area contributed by atoms with E-state index in [0.29, 0.717) is 21.5 Å². The minimum atomic E-state index is -0.597. The lowest BCUT2D eigenvalue weighted by molar-refractivity contribution is -0.116. The third kappa shape index (κ3) is 8.94. The molecule has 1 heterocycles. The van der Waals surface area contributed by atoms with E-state index in [4.69, 9.17) is 0 Å². The van der Waals surface area contributed by atoms with E-state index in [1.165, 1.54) is 23.5 Å². The van der Waals surface area contributed by atoms with Gasteiger partial charge in [0.2, 0.25) is 16.2 Å². The van der Waals surface area contributed by atoms with E-state index in [0.717, 1.165) is 38.9 Å². The molecule has 5 rings (SSSR count). The van der Waals surface area contributed by atoms with Crippen LogP contribution in [-0.4, -0.2) is 32.8 Å². The molecule has 0 spiro atoms. The van der Waals surface area contributed by atoms with Crippen molar-refractivity contribution in [3.8, 4) is 0 Å². The zero-order chi connectivity index (χ0) is 32.3. The van der Waals surface area contributed by atoms with E-state index < -0.39 is 17.1 Å². The molecule has 0 aliphatic heterocycles. The minimum absolute atomic E-state index is 0.0976. The molecular weight excluding hydrogens is 635 g/mol. The van der Waals surface area contributed by atoms with Gasteiger partial charge < -0.3 is 10.6 Å². The molecule has 11 heteroatoms. The van der Waals surface area contributed by atoms with Gasteiger partial charge in [-0.05, 0) is 65.8 Å². The third-order valence-electron chi connectivity index (χ3n) is 6.61. The van der Waals surface area contributed by atoms with Crippen LogP contribution >= 0.6 is 35.1 Å². The van der Waals surface area contributed by atoms with Crippen LogP contribution in [0.5, 0.6) is 0 Å². The minimum Gasteiger partial charge on any atom is -0.321 e. The summed E-state index contributed by atoms with van der Waals surface area (Å²) in [5, 5.41) is 9.09. The van der Waals surface area contributed by atoms with Gasteiger partial charge in [-0.3, -0.25) is 19.7 Å². The normalized spacial score (nSPS) is 11.8. The molecule has 0 saturated heterocycles. The standard InChI is InChI=1S/C35H31N5O3S3/c1-3-44-35-39-34(46-40-35)38-33(43)30(24-14-6-4-7-15-24)45-28-20-12-19-27(22-28)36-32(42)29(21-26-18-11-10-13-23(26)2)37-31(41)25-16-8-5-9-17-25/h4-22,30H,3H2,1-2H3,(H,36,42)(H,37,41)(H,38,39,40,43)/b29-21-. The zero-order valence-electron chi connectivity index (χ0n) is 25.1. The lowest BCUT2D eigenvalue weighted by atomic mass is 10.1. The van der Waals surface area contributed by atoms with Gasteiger partial charge in [0.1, 0.15) is 10.9 Å². The number of anilines is 2. The Bertz CT molecular complexity index is 1840. The lowest BCUT2D eigenvalue weighted by Gasteiger charge is -2.17. The molecule has 8 nitrogen and oxygen atoms in total. The van der Waals surface area contributed by atoms with E-state index in [1.54, 1.807) is 42.5 Å². The van der Waals surface area contributed by atoms with Crippen molar-refractivity contribution in [1.29, 1.82) is 0 Å². The van der Waals surface area contributed by atoms with Gasteiger partial charge in [-0.1, -0.05) is 97.5 Å². The molecule has 5 aromatic rings. The highest BCUT2D eigenvalue weighted by molar-refractivity contribution is 8.00. The molecule has 0 aliphatic carbocycles. The zero-order valence-corrected chi connectivity index (χ0v) is 27.5. The Balaban J connectivity index is 1.36. The Hall–Kier alpha value is -4.71. The Labute approximate surface area is 280 Å². The Kier molecular flexibility index (Phi) is 11.4. The van der Waals surface area contributed by atoms with E-state index in [-0.39, 0.29) is 11.6 Å². The number of carbonyl (C=O) groups is 3. The molecule has 3 N–H and O–H groups in total. The van der Waals surface area contributed by atoms with Gasteiger partial charge in [-0.2, -0.15) is 9.36 Å². The first kappa shape index (κ1) is 32.7. The first-order valence-electron chi connectivity index (χ1n) is 14.4. The third-order valence-corrected chi connectivity index (χ3v) is 9.34. The van der Waals surface area contributed by atoms with Crippen LogP contribution in [0.2, 0.25) is 0 Å². The van der Waals surface area contributed by atoms with E-state index in [9.17, 15) is 14.4 Å². The SMILES string of the molecule is CCSc1nsc(NC(=O)C(Sc2cccc(NC(=O)/C(=C/c3ccccc3C)NC(=O)c3ccccc3)c2)c2ccccc2)n1. The number of carbonyl (C=O) groups excluding carboxylic acids is 3. The predicted octanol–water partition coefficient (Wildman–Crippen LogP) is 7.84. The van der Waals surface area contributed by atoms with Crippen LogP contribution in [0.4, 0.5) is 10.8 Å². The first-order valence-corrected chi connectivity index (χ1v) is 17.1. The summed E-state index contributed by atoms with van der Waals surface area (Å²) in [6.45, 7) is 3.96. The van der Waals surface area contributed by atoms with Gasteiger partial charge in [-0.15, -0.1) is 11.8 Å². The highest BCUT2D eigenvalue weighted by Gasteiger charge is 2.24. The van der Waals surface area contributed by atoms with Crippen molar-refractivity contribution in [1.82, 2.24) is 14.7 Å². The summed E-state index contributed by atoms with van der Waals surface area (Å²) in [4.78, 5) is 45.4. The van der Waals surface area contributed by atoms with Crippen LogP contribution in [0.15, 0.2) is 125 Å². The van der Waals surface area contributed by atoms with E-state index in [1.807, 2.05) is 86.6 Å². The van der Waals surface area contributed by atoms with Crippen molar-refractivity contribution < 1.29 is 14.4 Å². The average molecular weight is 666 g/mol. The molecule has 232 valence electrons. The maximum Gasteiger partial charge on any atom is 0.272 e. The fourth-order valence-electron chi connectivity index (χ4n) is 4.35. The number of aryl methyl sites for hydroxylation is 1. The van der Waals surface area contributed by atoms with Gasteiger partial charge in [0, 0.05) is 27.7 Å². The molecule has 1 aromatic heterocycles. The number of amides is 3. The molecule has 0 fully saturated rings. The monoisotopic (exact) mass is 665 g/mol. The van der Waals surface area contributed by atoms with Gasteiger partial charge >= 0.3 is 0 Å². The van der Waals surface area contributed by atoms with Crippen LogP contribution < -0.4 is 16.0 Å². The predicted molar refractivity (Wildman–Crippen MR) is 188 cm³/mol. The summed E-state index contributed by atoms with van der Waals surface area (Å²) in [6.07, 6.45) is 1.66. The maximum absolute atomic E-state index is 13.6. The van der Waals surface area contributed by atoms with Gasteiger partial charge in [0.05, 0.1) is 0 Å². The summed E-state index contributed by atoms with van der Waals surface area (Å²) in [6, 6.07) is 33.1. The molecule has 0 saturated carbocycles. The maximum atomic E-state index is 13.6. The summed E-state index contributed by atoms with van der Waals surface area (Å²) in [7, 11) is 0. The average Bonchev–Trinajstić information content (AvgIpc) is 3.51. The number of nitrogens with zero attached hydrogens (tertiary/aromatic N) is 2. The van der Waals surface area contributed by atoms with E-state index in [2.05, 4.69) is 25.3 Å². The molecule has 1 atom stereocenters. The summed E-state index contributed by atoms with van der Waals surface area (Å²) < 4.78 is 4.30. The second kappa shape index (κ2) is 16.0. The molecule has 0 aliphatic rings. The molecule has 0 radical (unpaired) electrons. The second-order valence-electron chi connectivity index (χ2n) is 9.93. The van der Waals surface area contributed by atoms with Gasteiger partial charge in [0.25, 0.3) is 11.8 Å². The van der Waals surface area contributed by atoms with Crippen molar-refractivity contribution in [3.63, 3.8) is 0 Å². The van der Waals surface area contributed by atoms with Crippen LogP contribution in [-0.2, 0) is 9.59 Å². The quantitative estimate of drug-likeness (QED) is 0.0919. The fourth-order valence-corrected chi connectivity index (χ4v) is 6.71. The molecule has 3 amide bonds. The Morgan fingerprint density at radius 1 is 0.870 bits per heavy atom. The lowest BCUT2D eigenvalue weighted by Crippen LogP contribution is -2.30. The molecule has 46 heavy (non-hydrogen) atoms. The number of aromatic nitrogens is 2. The Morgan fingerprint density at radius 2 is 1.59 bits per heavy atom. The number of benzene rings is 4. The highest BCUT2D eigenvalue weighted by Crippen LogP contribution is 2.37. The summed E-state index contributed by atoms with van der Waals surface area (Å²) in [5.74, 6) is -0.277. The Morgan fingerprint density at radius 3 is 2.33 bits per heavy atom. The van der Waals surface area contributed by atoms with Crippen LogP contribution in [0, 0.1) is 6.92 Å². The van der Waals surface area contributed by atoms with Crippen LogP contribution in [0.3, 0.4) is 0 Å². The first-order chi connectivity index (χ1) is 22.4. The summed E-state index contributed by atoms with van der Waals surface area (Å²) >= 11 is 4.01. The largest absolute Gasteiger partial charge is 0.321 e. The topological polar surface area (TPSA) is 113 Å². The van der Waals surface area contributed by atoms with Crippen molar-refractivity contribution in [3.05, 3.63) is 137 Å². The van der Waals surface area contributed by atoms with Gasteiger partial charge in [-0.25, -0.2) is 0 Å². The number of thioether (sulfide) groups is 2.